The summed E-state index contributed by atoms with van der Waals surface area (Å²) in [6.07, 6.45) is 6.54. The third kappa shape index (κ3) is 6.94. The third-order valence-corrected chi connectivity index (χ3v) is 7.59. The Bertz CT molecular complexity index is 1010. The number of amides is 1. The molecule has 1 saturated heterocycles. The average Bonchev–Trinajstić information content (AvgIpc) is 3.46. The zero-order valence-corrected chi connectivity index (χ0v) is 22.9. The topological polar surface area (TPSA) is 82.2 Å². The van der Waals surface area contributed by atoms with Crippen molar-refractivity contribution in [3.05, 3.63) is 46.3 Å². The molecule has 4 rings (SSSR count). The van der Waals surface area contributed by atoms with E-state index >= 15 is 0 Å². The maximum absolute atomic E-state index is 12.7. The van der Waals surface area contributed by atoms with Crippen LogP contribution in [0.4, 0.5) is 11.5 Å². The molecule has 0 radical (unpaired) electrons. The SMILES string of the molecule is CC(C)NC(=O)[C@H]1CCC[C@@H]1Nc1nc(Cc2cccc(N[C@@H]3CCN(C(C)C)C3)c2)ncc1Br. The fourth-order valence-electron chi connectivity index (χ4n) is 5.17. The van der Waals surface area contributed by atoms with Crippen LogP contribution in [0.25, 0.3) is 0 Å². The number of carbonyl (C=O) groups excluding carboxylic acids is 1. The fourth-order valence-corrected chi connectivity index (χ4v) is 5.47. The molecule has 2 aromatic rings. The van der Waals surface area contributed by atoms with Crippen LogP contribution < -0.4 is 16.0 Å². The van der Waals surface area contributed by atoms with Crippen LogP contribution in [0.5, 0.6) is 0 Å². The van der Waals surface area contributed by atoms with E-state index in [1.165, 1.54) is 12.0 Å². The molecular formula is C27H39BrN6O. The molecular weight excluding hydrogens is 504 g/mol. The molecule has 2 fully saturated rings. The van der Waals surface area contributed by atoms with Gasteiger partial charge in [-0.2, -0.15) is 0 Å². The minimum atomic E-state index is -0.0346. The molecule has 0 bridgehead atoms. The maximum atomic E-state index is 12.7. The number of anilines is 2. The van der Waals surface area contributed by atoms with Crippen LogP contribution in [-0.2, 0) is 11.2 Å². The Hall–Kier alpha value is -2.19. The zero-order chi connectivity index (χ0) is 24.9. The molecule has 1 saturated carbocycles. The van der Waals surface area contributed by atoms with Crippen molar-refractivity contribution >= 4 is 33.3 Å². The van der Waals surface area contributed by atoms with Crippen LogP contribution in [0.15, 0.2) is 34.9 Å². The Labute approximate surface area is 218 Å². The van der Waals surface area contributed by atoms with Gasteiger partial charge in [-0.25, -0.2) is 9.97 Å². The quantitative estimate of drug-likeness (QED) is 0.421. The Morgan fingerprint density at radius 3 is 2.74 bits per heavy atom. The first-order valence-electron chi connectivity index (χ1n) is 13.0. The van der Waals surface area contributed by atoms with Crippen LogP contribution in [0.3, 0.4) is 0 Å². The van der Waals surface area contributed by atoms with Crippen molar-refractivity contribution in [2.45, 2.75) is 84.0 Å². The summed E-state index contributed by atoms with van der Waals surface area (Å²) in [4.78, 5) is 24.6. The number of rotatable bonds is 9. The molecule has 2 aliphatic rings. The fraction of sp³-hybridized carbons (Fsp3) is 0.593. The van der Waals surface area contributed by atoms with Gasteiger partial charge in [-0.05, 0) is 80.6 Å². The molecule has 1 aliphatic carbocycles. The van der Waals surface area contributed by atoms with Gasteiger partial charge in [-0.1, -0.05) is 18.6 Å². The summed E-state index contributed by atoms with van der Waals surface area (Å²) in [5, 5.41) is 10.3. The highest BCUT2D eigenvalue weighted by molar-refractivity contribution is 9.10. The summed E-state index contributed by atoms with van der Waals surface area (Å²) in [5.74, 6) is 1.62. The zero-order valence-electron chi connectivity index (χ0n) is 21.4. The van der Waals surface area contributed by atoms with Gasteiger partial charge in [0.15, 0.2) is 0 Å². The number of hydrogen-bond acceptors (Lipinski definition) is 6. The monoisotopic (exact) mass is 542 g/mol. The highest BCUT2D eigenvalue weighted by Crippen LogP contribution is 2.31. The predicted molar refractivity (Wildman–Crippen MR) is 146 cm³/mol. The molecule has 1 aromatic carbocycles. The maximum Gasteiger partial charge on any atom is 0.225 e. The van der Waals surface area contributed by atoms with E-state index in [0.29, 0.717) is 18.5 Å². The summed E-state index contributed by atoms with van der Waals surface area (Å²) in [7, 11) is 0. The van der Waals surface area contributed by atoms with E-state index in [2.05, 4.69) is 79.9 Å². The molecule has 8 heteroatoms. The molecule has 3 atom stereocenters. The first-order chi connectivity index (χ1) is 16.8. The van der Waals surface area contributed by atoms with Gasteiger partial charge in [0.2, 0.25) is 5.91 Å². The van der Waals surface area contributed by atoms with Gasteiger partial charge < -0.3 is 16.0 Å². The number of hydrogen-bond donors (Lipinski definition) is 3. The third-order valence-electron chi connectivity index (χ3n) is 7.01. The van der Waals surface area contributed by atoms with E-state index in [4.69, 9.17) is 4.98 Å². The molecule has 190 valence electrons. The lowest BCUT2D eigenvalue weighted by Crippen LogP contribution is -2.41. The molecule has 35 heavy (non-hydrogen) atoms. The van der Waals surface area contributed by atoms with Crippen LogP contribution in [-0.4, -0.2) is 58.0 Å². The summed E-state index contributed by atoms with van der Waals surface area (Å²) < 4.78 is 0.822. The van der Waals surface area contributed by atoms with E-state index in [0.717, 1.165) is 54.2 Å². The summed E-state index contributed by atoms with van der Waals surface area (Å²) in [6, 6.07) is 9.88. The largest absolute Gasteiger partial charge is 0.381 e. The van der Waals surface area contributed by atoms with E-state index in [-0.39, 0.29) is 23.9 Å². The number of halogens is 1. The summed E-state index contributed by atoms with van der Waals surface area (Å²) in [6.45, 7) is 10.8. The lowest BCUT2D eigenvalue weighted by Gasteiger charge is -2.23. The van der Waals surface area contributed by atoms with Gasteiger partial charge >= 0.3 is 0 Å². The number of aromatic nitrogens is 2. The van der Waals surface area contributed by atoms with Crippen LogP contribution in [0, 0.1) is 5.92 Å². The summed E-state index contributed by atoms with van der Waals surface area (Å²) >= 11 is 3.59. The van der Waals surface area contributed by atoms with Crippen molar-refractivity contribution in [1.29, 1.82) is 0 Å². The first kappa shape index (κ1) is 25.9. The smallest absolute Gasteiger partial charge is 0.225 e. The van der Waals surface area contributed by atoms with Gasteiger partial charge in [0.25, 0.3) is 0 Å². The van der Waals surface area contributed by atoms with E-state index < -0.39 is 0 Å². The molecule has 1 aliphatic heterocycles. The lowest BCUT2D eigenvalue weighted by atomic mass is 10.0. The van der Waals surface area contributed by atoms with Crippen molar-refractivity contribution in [3.63, 3.8) is 0 Å². The Kier molecular flexibility index (Phi) is 8.65. The first-order valence-corrected chi connectivity index (χ1v) is 13.8. The van der Waals surface area contributed by atoms with Crippen molar-refractivity contribution in [2.75, 3.05) is 23.7 Å². The van der Waals surface area contributed by atoms with Crippen molar-refractivity contribution in [3.8, 4) is 0 Å². The van der Waals surface area contributed by atoms with Crippen LogP contribution in [0.2, 0.25) is 0 Å². The number of benzene rings is 1. The van der Waals surface area contributed by atoms with Crippen molar-refractivity contribution < 1.29 is 4.79 Å². The molecule has 1 aromatic heterocycles. The summed E-state index contributed by atoms with van der Waals surface area (Å²) in [5.41, 5.74) is 2.33. The second-order valence-corrected chi connectivity index (χ2v) is 11.4. The highest BCUT2D eigenvalue weighted by Gasteiger charge is 2.33. The van der Waals surface area contributed by atoms with Gasteiger partial charge in [0.1, 0.15) is 11.6 Å². The molecule has 0 spiro atoms. The highest BCUT2D eigenvalue weighted by atomic mass is 79.9. The standard InChI is InChI=1S/C27H39BrN6O/c1-17(2)30-27(35)22-9-6-10-24(22)32-26-23(28)15-29-25(33-26)14-19-7-5-8-20(13-19)31-21-11-12-34(16-21)18(3)4/h5,7-8,13,15,17-18,21-22,24,31H,6,9-12,14,16H2,1-4H3,(H,30,35)(H,29,32,33)/t21-,22+,24+/m1/s1. The second kappa shape index (κ2) is 11.7. The predicted octanol–water partition coefficient (Wildman–Crippen LogP) is 4.83. The Morgan fingerprint density at radius 1 is 1.17 bits per heavy atom. The normalized spacial score (nSPS) is 22.7. The minimum absolute atomic E-state index is 0.0346. The Morgan fingerprint density at radius 2 is 2.00 bits per heavy atom. The van der Waals surface area contributed by atoms with Crippen LogP contribution in [0.1, 0.15) is 64.8 Å². The number of carbonyl (C=O) groups is 1. The van der Waals surface area contributed by atoms with Gasteiger partial charge in [-0.3, -0.25) is 9.69 Å². The van der Waals surface area contributed by atoms with Gasteiger partial charge in [0.05, 0.1) is 10.4 Å². The van der Waals surface area contributed by atoms with Gasteiger partial charge in [0, 0.05) is 55.6 Å². The van der Waals surface area contributed by atoms with E-state index in [1.807, 2.05) is 20.0 Å². The van der Waals surface area contributed by atoms with Crippen molar-refractivity contribution in [2.24, 2.45) is 5.92 Å². The van der Waals surface area contributed by atoms with Crippen LogP contribution >= 0.6 is 15.9 Å². The van der Waals surface area contributed by atoms with Gasteiger partial charge in [-0.15, -0.1) is 0 Å². The average molecular weight is 544 g/mol. The van der Waals surface area contributed by atoms with Crippen molar-refractivity contribution in [1.82, 2.24) is 20.2 Å². The molecule has 7 nitrogen and oxygen atoms in total. The lowest BCUT2D eigenvalue weighted by molar-refractivity contribution is -0.125. The molecule has 1 amide bonds. The molecule has 3 N–H and O–H groups in total. The van der Waals surface area contributed by atoms with E-state index in [9.17, 15) is 4.79 Å². The Balaban J connectivity index is 1.40. The second-order valence-electron chi connectivity index (χ2n) is 10.5. The number of likely N-dealkylation sites (tertiary alicyclic amines) is 1. The molecule has 2 heterocycles. The number of nitrogens with zero attached hydrogens (tertiary/aromatic N) is 3. The van der Waals surface area contributed by atoms with E-state index in [1.54, 1.807) is 0 Å². The minimum Gasteiger partial charge on any atom is -0.381 e. The molecule has 0 unspecified atom stereocenters. The number of nitrogens with one attached hydrogen (secondary N) is 3.